The predicted molar refractivity (Wildman–Crippen MR) is 122 cm³/mol. The minimum absolute atomic E-state index is 0.0162. The molecule has 1 saturated heterocycles. The van der Waals surface area contributed by atoms with Crippen LogP contribution in [0, 0.1) is 5.41 Å². The average molecular weight is 473 g/mol. The van der Waals surface area contributed by atoms with Crippen molar-refractivity contribution in [2.75, 3.05) is 12.0 Å². The summed E-state index contributed by atoms with van der Waals surface area (Å²) >= 11 is 6.07. The molecule has 0 bridgehead atoms. The molecule has 174 valence electrons. The Hall–Kier alpha value is -3.39. The predicted octanol–water partition coefficient (Wildman–Crippen LogP) is 4.42. The molecular weight excluding hydrogens is 448 g/mol. The SMILES string of the molecule is CC(C)(C)C(=O)Nc1ccc(Cl)cc1C(=O)C[C@H]1C(=O)OCN1C(=O)OCc1ccccc1. The van der Waals surface area contributed by atoms with Gasteiger partial charge in [-0.1, -0.05) is 62.7 Å². The number of hydrogen-bond donors (Lipinski definition) is 1. The van der Waals surface area contributed by atoms with Crippen LogP contribution in [-0.4, -0.2) is 41.4 Å². The van der Waals surface area contributed by atoms with E-state index in [1.807, 2.05) is 18.2 Å². The maximum Gasteiger partial charge on any atom is 0.413 e. The van der Waals surface area contributed by atoms with Crippen LogP contribution < -0.4 is 5.32 Å². The summed E-state index contributed by atoms with van der Waals surface area (Å²) < 4.78 is 10.3. The zero-order valence-corrected chi connectivity index (χ0v) is 19.3. The first-order valence-electron chi connectivity index (χ1n) is 10.3. The molecule has 9 heteroatoms. The van der Waals surface area contributed by atoms with Crippen LogP contribution in [0.4, 0.5) is 10.5 Å². The maximum absolute atomic E-state index is 13.1. The van der Waals surface area contributed by atoms with Gasteiger partial charge in [-0.15, -0.1) is 0 Å². The number of nitrogens with zero attached hydrogens (tertiary/aromatic N) is 1. The Morgan fingerprint density at radius 1 is 1.15 bits per heavy atom. The van der Waals surface area contributed by atoms with Crippen LogP contribution in [0.25, 0.3) is 0 Å². The third-order valence-electron chi connectivity index (χ3n) is 5.02. The fraction of sp³-hybridized carbons (Fsp3) is 0.333. The first kappa shape index (κ1) is 24.3. The van der Waals surface area contributed by atoms with Gasteiger partial charge in [0.25, 0.3) is 0 Å². The lowest BCUT2D eigenvalue weighted by atomic mass is 9.95. The quantitative estimate of drug-likeness (QED) is 0.493. The molecule has 0 aromatic heterocycles. The number of Topliss-reactive ketones (excluding diaryl/α,β-unsaturated/α-hetero) is 1. The first-order chi connectivity index (χ1) is 15.6. The van der Waals surface area contributed by atoms with Gasteiger partial charge in [0.05, 0.1) is 5.69 Å². The van der Waals surface area contributed by atoms with Crippen LogP contribution in [-0.2, 0) is 25.7 Å². The lowest BCUT2D eigenvalue weighted by Crippen LogP contribution is -2.40. The van der Waals surface area contributed by atoms with E-state index in [0.29, 0.717) is 5.02 Å². The molecule has 0 unspecified atom stereocenters. The van der Waals surface area contributed by atoms with E-state index in [2.05, 4.69) is 5.32 Å². The minimum atomic E-state index is -1.15. The summed E-state index contributed by atoms with van der Waals surface area (Å²) in [5.74, 6) is -1.47. The molecule has 1 aliphatic rings. The third kappa shape index (κ3) is 6.10. The number of amides is 2. The van der Waals surface area contributed by atoms with E-state index in [4.69, 9.17) is 21.1 Å². The van der Waals surface area contributed by atoms with Gasteiger partial charge in [0.1, 0.15) is 12.6 Å². The molecule has 33 heavy (non-hydrogen) atoms. The van der Waals surface area contributed by atoms with Crippen molar-refractivity contribution in [2.45, 2.75) is 39.8 Å². The summed E-state index contributed by atoms with van der Waals surface area (Å²) in [6.45, 7) is 4.93. The van der Waals surface area contributed by atoms with Crippen LogP contribution in [0.1, 0.15) is 43.1 Å². The Bertz CT molecular complexity index is 1060. The van der Waals surface area contributed by atoms with Gasteiger partial charge in [0.2, 0.25) is 5.91 Å². The lowest BCUT2D eigenvalue weighted by Gasteiger charge is -2.21. The zero-order valence-electron chi connectivity index (χ0n) is 18.6. The van der Waals surface area contributed by atoms with Gasteiger partial charge in [0.15, 0.2) is 12.5 Å². The van der Waals surface area contributed by atoms with Gasteiger partial charge >= 0.3 is 12.1 Å². The van der Waals surface area contributed by atoms with Crippen molar-refractivity contribution in [3.05, 3.63) is 64.7 Å². The zero-order chi connectivity index (χ0) is 24.2. The number of carbonyl (C=O) groups excluding carboxylic acids is 4. The largest absolute Gasteiger partial charge is 0.444 e. The number of carbonyl (C=O) groups is 4. The van der Waals surface area contributed by atoms with Crippen LogP contribution in [0.15, 0.2) is 48.5 Å². The first-order valence-corrected chi connectivity index (χ1v) is 10.7. The molecule has 0 saturated carbocycles. The molecule has 3 rings (SSSR count). The molecule has 1 N–H and O–H groups in total. The lowest BCUT2D eigenvalue weighted by molar-refractivity contribution is -0.139. The highest BCUT2D eigenvalue weighted by atomic mass is 35.5. The summed E-state index contributed by atoms with van der Waals surface area (Å²) in [4.78, 5) is 51.4. The Labute approximate surface area is 196 Å². The van der Waals surface area contributed by atoms with Crippen LogP contribution in [0.5, 0.6) is 0 Å². The Kier molecular flexibility index (Phi) is 7.38. The van der Waals surface area contributed by atoms with Gasteiger partial charge in [-0.2, -0.15) is 0 Å². The number of nitrogens with one attached hydrogen (secondary N) is 1. The van der Waals surface area contributed by atoms with Crippen molar-refractivity contribution in [3.63, 3.8) is 0 Å². The molecule has 1 atom stereocenters. The molecular formula is C24H25ClN2O6. The number of benzene rings is 2. The average Bonchev–Trinajstić information content (AvgIpc) is 3.13. The monoisotopic (exact) mass is 472 g/mol. The second-order valence-electron chi connectivity index (χ2n) is 8.64. The van der Waals surface area contributed by atoms with Gasteiger partial charge in [-0.05, 0) is 23.8 Å². The molecule has 2 aromatic rings. The number of halogens is 1. The summed E-state index contributed by atoms with van der Waals surface area (Å²) in [6.07, 6.45) is -1.12. The Morgan fingerprint density at radius 2 is 1.85 bits per heavy atom. The highest BCUT2D eigenvalue weighted by Gasteiger charge is 2.40. The normalized spacial score (nSPS) is 15.7. The molecule has 0 aliphatic carbocycles. The summed E-state index contributed by atoms with van der Waals surface area (Å²) in [7, 11) is 0. The molecule has 0 radical (unpaired) electrons. The molecule has 1 heterocycles. The molecule has 2 amide bonds. The van der Waals surface area contributed by atoms with E-state index < -0.39 is 29.3 Å². The van der Waals surface area contributed by atoms with E-state index in [1.54, 1.807) is 39.0 Å². The molecule has 1 fully saturated rings. The van der Waals surface area contributed by atoms with Crippen molar-refractivity contribution in [2.24, 2.45) is 5.41 Å². The van der Waals surface area contributed by atoms with Crippen molar-refractivity contribution < 1.29 is 28.7 Å². The minimum Gasteiger partial charge on any atom is -0.444 e. The van der Waals surface area contributed by atoms with Crippen molar-refractivity contribution in [1.82, 2.24) is 4.90 Å². The number of hydrogen-bond acceptors (Lipinski definition) is 6. The number of anilines is 1. The van der Waals surface area contributed by atoms with Crippen molar-refractivity contribution >= 4 is 41.0 Å². The standard InChI is InChI=1S/C24H25ClN2O6/c1-24(2,3)22(30)26-18-10-9-16(25)11-17(18)20(28)12-19-21(29)33-14-27(19)23(31)32-13-15-7-5-4-6-8-15/h4-11,19H,12-14H2,1-3H3,(H,26,30)/t19-/m0/s1. The fourth-order valence-electron chi connectivity index (χ4n) is 3.07. The third-order valence-corrected chi connectivity index (χ3v) is 5.26. The number of ether oxygens (including phenoxy) is 2. The molecule has 2 aromatic carbocycles. The number of rotatable bonds is 6. The van der Waals surface area contributed by atoms with Crippen LogP contribution in [0.3, 0.4) is 0 Å². The highest BCUT2D eigenvalue weighted by Crippen LogP contribution is 2.27. The Balaban J connectivity index is 1.74. The van der Waals surface area contributed by atoms with Gasteiger partial charge in [-0.3, -0.25) is 14.5 Å². The van der Waals surface area contributed by atoms with Crippen molar-refractivity contribution in [3.8, 4) is 0 Å². The van der Waals surface area contributed by atoms with E-state index in [0.717, 1.165) is 10.5 Å². The van der Waals surface area contributed by atoms with Gasteiger partial charge < -0.3 is 14.8 Å². The highest BCUT2D eigenvalue weighted by molar-refractivity contribution is 6.31. The topological polar surface area (TPSA) is 102 Å². The van der Waals surface area contributed by atoms with E-state index in [-0.39, 0.29) is 36.9 Å². The van der Waals surface area contributed by atoms with Gasteiger partial charge in [-0.25, -0.2) is 9.59 Å². The van der Waals surface area contributed by atoms with Crippen LogP contribution >= 0.6 is 11.6 Å². The second kappa shape index (κ2) is 10.0. The van der Waals surface area contributed by atoms with E-state index in [1.165, 1.54) is 12.1 Å². The fourth-order valence-corrected chi connectivity index (χ4v) is 3.25. The summed E-state index contributed by atoms with van der Waals surface area (Å²) in [6, 6.07) is 12.4. The van der Waals surface area contributed by atoms with E-state index in [9.17, 15) is 19.2 Å². The van der Waals surface area contributed by atoms with E-state index >= 15 is 0 Å². The second-order valence-corrected chi connectivity index (χ2v) is 9.08. The molecule has 1 aliphatic heterocycles. The smallest absolute Gasteiger partial charge is 0.413 e. The Morgan fingerprint density at radius 3 is 2.52 bits per heavy atom. The number of esters is 1. The van der Waals surface area contributed by atoms with Gasteiger partial charge in [0, 0.05) is 22.4 Å². The maximum atomic E-state index is 13.1. The number of ketones is 1. The molecule has 0 spiro atoms. The van der Waals surface area contributed by atoms with Crippen LogP contribution in [0.2, 0.25) is 5.02 Å². The van der Waals surface area contributed by atoms with Crippen molar-refractivity contribution in [1.29, 1.82) is 0 Å². The summed E-state index contributed by atoms with van der Waals surface area (Å²) in [5.41, 5.74) is 0.503. The summed E-state index contributed by atoms with van der Waals surface area (Å²) in [5, 5.41) is 3.02. The number of cyclic esters (lactones) is 1. The molecule has 8 nitrogen and oxygen atoms in total.